The molecule has 1 aliphatic heterocycles. The molecule has 1 aliphatic rings. The van der Waals surface area contributed by atoms with Crippen LogP contribution >= 0.6 is 11.3 Å². The molecule has 1 saturated heterocycles. The molecule has 0 radical (unpaired) electrons. The summed E-state index contributed by atoms with van der Waals surface area (Å²) in [5.74, 6) is 0.563. The fraction of sp³-hybridized carbons (Fsp3) is 0.550. The van der Waals surface area contributed by atoms with Crippen molar-refractivity contribution >= 4 is 39.4 Å². The van der Waals surface area contributed by atoms with Crippen LogP contribution in [0, 0.1) is 6.92 Å². The molecular weight excluding hydrogens is 449 g/mol. The van der Waals surface area contributed by atoms with Crippen molar-refractivity contribution in [2.45, 2.75) is 45.2 Å². The summed E-state index contributed by atoms with van der Waals surface area (Å²) < 4.78 is 46.2. The second-order valence-electron chi connectivity index (χ2n) is 7.60. The van der Waals surface area contributed by atoms with Crippen molar-refractivity contribution in [3.8, 4) is 0 Å². The number of carbonyl (C=O) groups is 2. The molecule has 1 atom stereocenters. The Bertz CT molecular complexity index is 974. The molecule has 32 heavy (non-hydrogen) atoms. The molecule has 8 nitrogen and oxygen atoms in total. The Kier molecular flexibility index (Phi) is 7.44. The number of alkyl halides is 3. The van der Waals surface area contributed by atoms with Crippen LogP contribution in [0.15, 0.2) is 11.4 Å². The van der Waals surface area contributed by atoms with Crippen LogP contribution in [0.5, 0.6) is 0 Å². The normalized spacial score (nSPS) is 16.1. The van der Waals surface area contributed by atoms with Crippen molar-refractivity contribution in [1.29, 1.82) is 0 Å². The Balaban J connectivity index is 1.56. The molecule has 2 amide bonds. The summed E-state index contributed by atoms with van der Waals surface area (Å²) in [5, 5.41) is 6.77. The predicted octanol–water partition coefficient (Wildman–Crippen LogP) is 3.58. The first-order valence-corrected chi connectivity index (χ1v) is 11.0. The van der Waals surface area contributed by atoms with Crippen molar-refractivity contribution in [3.05, 3.63) is 22.6 Å². The molecule has 3 heterocycles. The topological polar surface area (TPSA) is 92.8 Å². The third-order valence-corrected chi connectivity index (χ3v) is 6.17. The fourth-order valence-electron chi connectivity index (χ4n) is 3.46. The van der Waals surface area contributed by atoms with Gasteiger partial charge in [-0.2, -0.15) is 0 Å². The van der Waals surface area contributed by atoms with E-state index in [1.54, 1.807) is 12.4 Å². The number of ether oxygens (including phenoxy) is 2. The number of fused-ring (bicyclic) bond motifs is 1. The largest absolute Gasteiger partial charge is 0.522 e. The minimum Gasteiger partial charge on any atom is -0.446 e. The van der Waals surface area contributed by atoms with E-state index in [0.717, 1.165) is 16.1 Å². The molecule has 0 spiro atoms. The lowest BCUT2D eigenvalue weighted by molar-refractivity contribution is -0.325. The Morgan fingerprint density at radius 1 is 1.34 bits per heavy atom. The lowest BCUT2D eigenvalue weighted by atomic mass is 10.1. The lowest BCUT2D eigenvalue weighted by Crippen LogP contribution is -2.42. The lowest BCUT2D eigenvalue weighted by Gasteiger charge is -2.33. The quantitative estimate of drug-likeness (QED) is 0.665. The van der Waals surface area contributed by atoms with Crippen LogP contribution in [0.25, 0.3) is 10.2 Å². The summed E-state index contributed by atoms with van der Waals surface area (Å²) in [5.41, 5.74) is 2.23. The van der Waals surface area contributed by atoms with Gasteiger partial charge in [-0.3, -0.25) is 9.53 Å². The van der Waals surface area contributed by atoms with Crippen molar-refractivity contribution in [3.63, 3.8) is 0 Å². The summed E-state index contributed by atoms with van der Waals surface area (Å²) >= 11 is 1.48. The molecule has 2 N–H and O–H groups in total. The van der Waals surface area contributed by atoms with Gasteiger partial charge in [0.2, 0.25) is 0 Å². The van der Waals surface area contributed by atoms with E-state index in [1.807, 2.05) is 13.0 Å². The van der Waals surface area contributed by atoms with E-state index in [-0.39, 0.29) is 12.0 Å². The Morgan fingerprint density at radius 2 is 2.03 bits per heavy atom. The first-order valence-electron chi connectivity index (χ1n) is 10.1. The maximum Gasteiger partial charge on any atom is 0.522 e. The van der Waals surface area contributed by atoms with Gasteiger partial charge in [-0.25, -0.2) is 9.78 Å². The average Bonchev–Trinajstić information content (AvgIpc) is 3.16. The van der Waals surface area contributed by atoms with Crippen LogP contribution < -0.4 is 15.5 Å². The molecule has 176 valence electrons. The molecule has 0 aliphatic carbocycles. The smallest absolute Gasteiger partial charge is 0.446 e. The van der Waals surface area contributed by atoms with Crippen molar-refractivity contribution in [1.82, 2.24) is 15.6 Å². The average molecular weight is 475 g/mol. The summed E-state index contributed by atoms with van der Waals surface area (Å²) in [6.45, 7) is 3.86. The summed E-state index contributed by atoms with van der Waals surface area (Å²) in [6, 6.07) is 1.13. The number of hydrogen-bond acceptors (Lipinski definition) is 7. The van der Waals surface area contributed by atoms with Crippen molar-refractivity contribution in [2.24, 2.45) is 0 Å². The van der Waals surface area contributed by atoms with Crippen LogP contribution in [0.1, 0.15) is 35.7 Å². The predicted molar refractivity (Wildman–Crippen MR) is 114 cm³/mol. The van der Waals surface area contributed by atoms with Crippen molar-refractivity contribution < 1.29 is 32.2 Å². The number of piperidine rings is 1. The van der Waals surface area contributed by atoms with Gasteiger partial charge < -0.3 is 20.3 Å². The molecule has 1 fully saturated rings. The van der Waals surface area contributed by atoms with Crippen LogP contribution in [-0.4, -0.2) is 62.2 Å². The van der Waals surface area contributed by atoms with Crippen LogP contribution in [0.3, 0.4) is 0 Å². The number of hydrogen-bond donors (Lipinski definition) is 2. The zero-order chi connectivity index (χ0) is 23.5. The highest BCUT2D eigenvalue weighted by Crippen LogP contribution is 2.31. The first kappa shape index (κ1) is 24.1. The zero-order valence-electron chi connectivity index (χ0n) is 17.9. The van der Waals surface area contributed by atoms with Crippen LogP contribution in [-0.2, 0) is 9.47 Å². The van der Waals surface area contributed by atoms with E-state index < -0.39 is 25.1 Å². The summed E-state index contributed by atoms with van der Waals surface area (Å²) in [4.78, 5) is 30.8. The maximum atomic E-state index is 12.1. The first-order chi connectivity index (χ1) is 15.1. The minimum absolute atomic E-state index is 0.187. The van der Waals surface area contributed by atoms with Crippen molar-refractivity contribution in [2.75, 3.05) is 31.6 Å². The van der Waals surface area contributed by atoms with Gasteiger partial charge in [0, 0.05) is 38.4 Å². The van der Waals surface area contributed by atoms with Gasteiger partial charge in [-0.05, 0) is 25.5 Å². The zero-order valence-corrected chi connectivity index (χ0v) is 18.7. The Hall–Kier alpha value is -2.60. The van der Waals surface area contributed by atoms with E-state index >= 15 is 0 Å². The second-order valence-corrected chi connectivity index (χ2v) is 8.48. The maximum absolute atomic E-state index is 12.1. The van der Waals surface area contributed by atoms with Crippen LogP contribution in [0.2, 0.25) is 0 Å². The van der Waals surface area contributed by atoms with Gasteiger partial charge >= 0.3 is 12.5 Å². The van der Waals surface area contributed by atoms with Gasteiger partial charge in [0.15, 0.2) is 0 Å². The number of amides is 2. The Morgan fingerprint density at radius 3 is 2.66 bits per heavy atom. The highest BCUT2D eigenvalue weighted by Gasteiger charge is 2.30. The number of halogens is 3. The van der Waals surface area contributed by atoms with Gasteiger partial charge in [-0.1, -0.05) is 0 Å². The number of nitrogens with one attached hydrogen (secondary N) is 2. The molecular formula is C20H25F3N4O4S. The summed E-state index contributed by atoms with van der Waals surface area (Å²) in [6.07, 6.45) is -4.77. The number of alkyl carbamates (subject to hydrolysis) is 1. The molecule has 2 aromatic heterocycles. The Labute approximate surface area is 187 Å². The number of aryl methyl sites for hydroxylation is 1. The SMILES string of the molecule is CNC(=O)c1csc2c(C)cc(N3CCC(OC(=O)N[C@@H](C)COC(F)(F)F)CC3)nc12. The number of nitrogens with zero attached hydrogens (tertiary/aromatic N) is 2. The number of anilines is 1. The molecule has 0 bridgehead atoms. The third-order valence-electron chi connectivity index (χ3n) is 5.07. The number of rotatable bonds is 6. The van der Waals surface area contributed by atoms with E-state index in [0.29, 0.717) is 37.0 Å². The molecule has 2 aromatic rings. The van der Waals surface area contributed by atoms with Gasteiger partial charge in [0.1, 0.15) is 11.9 Å². The van der Waals surface area contributed by atoms with Crippen LogP contribution in [0.4, 0.5) is 23.8 Å². The van der Waals surface area contributed by atoms with E-state index in [1.165, 1.54) is 18.3 Å². The standard InChI is InChI=1S/C20H25F3N4O4S/c1-11-8-15(26-16-14(18(28)24-3)10-32-17(11)16)27-6-4-13(5-7-27)31-19(29)25-12(2)9-30-20(21,22)23/h8,10,12-13H,4-7,9H2,1-3H3,(H,24,28)(H,25,29)/t12-/m0/s1. The highest BCUT2D eigenvalue weighted by atomic mass is 32.1. The number of pyridine rings is 1. The number of thiophene rings is 1. The third kappa shape index (κ3) is 6.00. The fourth-order valence-corrected chi connectivity index (χ4v) is 4.42. The van der Waals surface area contributed by atoms with E-state index in [9.17, 15) is 22.8 Å². The molecule has 0 aromatic carbocycles. The van der Waals surface area contributed by atoms with E-state index in [2.05, 4.69) is 20.3 Å². The molecule has 0 saturated carbocycles. The van der Waals surface area contributed by atoms with E-state index in [4.69, 9.17) is 9.72 Å². The number of aromatic nitrogens is 1. The molecule has 3 rings (SSSR count). The van der Waals surface area contributed by atoms with Gasteiger partial charge in [0.25, 0.3) is 5.91 Å². The number of carbonyl (C=O) groups excluding carboxylic acids is 2. The van der Waals surface area contributed by atoms with Gasteiger partial charge in [0.05, 0.1) is 28.4 Å². The second kappa shape index (κ2) is 9.90. The monoisotopic (exact) mass is 474 g/mol. The molecule has 0 unspecified atom stereocenters. The van der Waals surface area contributed by atoms with Gasteiger partial charge in [-0.15, -0.1) is 24.5 Å². The minimum atomic E-state index is -4.74. The highest BCUT2D eigenvalue weighted by molar-refractivity contribution is 7.17. The molecule has 12 heteroatoms. The summed E-state index contributed by atoms with van der Waals surface area (Å²) in [7, 11) is 1.58.